The molecule has 0 spiro atoms. The van der Waals surface area contributed by atoms with Crippen LogP contribution in [0.3, 0.4) is 0 Å². The van der Waals surface area contributed by atoms with Gasteiger partial charge >= 0.3 is 6.36 Å². The van der Waals surface area contributed by atoms with Gasteiger partial charge in [-0.1, -0.05) is 0 Å². The van der Waals surface area contributed by atoms with Gasteiger partial charge in [-0.3, -0.25) is 9.59 Å². The first-order chi connectivity index (χ1) is 8.40. The van der Waals surface area contributed by atoms with E-state index in [0.717, 1.165) is 12.1 Å². The highest BCUT2D eigenvalue weighted by Crippen LogP contribution is 2.27. The predicted molar refractivity (Wildman–Crippen MR) is 55.4 cm³/mol. The Hall–Kier alpha value is -2.31. The van der Waals surface area contributed by atoms with Gasteiger partial charge in [-0.25, -0.2) is 0 Å². The van der Waals surface area contributed by atoms with Crippen molar-refractivity contribution in [1.82, 2.24) is 4.98 Å². The minimum absolute atomic E-state index is 0.110. The number of aromatic nitrogens is 1. The number of alkyl halides is 3. The van der Waals surface area contributed by atoms with Crippen molar-refractivity contribution < 1.29 is 27.5 Å². The quantitative estimate of drug-likeness (QED) is 0.522. The zero-order chi connectivity index (χ0) is 13.3. The number of hydrogen-bond donors (Lipinski definition) is 1. The summed E-state index contributed by atoms with van der Waals surface area (Å²) in [6, 6.07) is 3.46. The van der Waals surface area contributed by atoms with Crippen LogP contribution in [-0.4, -0.2) is 23.4 Å². The third-order valence-corrected chi connectivity index (χ3v) is 2.26. The summed E-state index contributed by atoms with van der Waals surface area (Å²) in [4.78, 5) is 24.2. The summed E-state index contributed by atoms with van der Waals surface area (Å²) in [5, 5.41) is 0.363. The lowest BCUT2D eigenvalue weighted by Crippen LogP contribution is -2.16. The average molecular weight is 257 g/mol. The molecule has 0 aliphatic carbocycles. The first-order valence-corrected chi connectivity index (χ1v) is 4.77. The van der Waals surface area contributed by atoms with Gasteiger partial charge in [-0.15, -0.1) is 13.2 Å². The molecule has 18 heavy (non-hydrogen) atoms. The number of carbonyl (C=O) groups excluding carboxylic acids is 2. The molecule has 1 N–H and O–H groups in total. The number of ketones is 1. The summed E-state index contributed by atoms with van der Waals surface area (Å²) in [6.45, 7) is 0. The highest BCUT2D eigenvalue weighted by molar-refractivity contribution is 6.36. The Morgan fingerprint density at radius 1 is 1.33 bits per heavy atom. The zero-order valence-electron chi connectivity index (χ0n) is 8.75. The molecule has 1 aromatic heterocycles. The third-order valence-electron chi connectivity index (χ3n) is 2.26. The Labute approximate surface area is 98.4 Å². The number of hydrogen-bond acceptors (Lipinski definition) is 3. The molecule has 0 amide bonds. The topological polar surface area (TPSA) is 59.2 Å². The summed E-state index contributed by atoms with van der Waals surface area (Å²) in [6.07, 6.45) is -3.37. The molecule has 0 unspecified atom stereocenters. The summed E-state index contributed by atoms with van der Waals surface area (Å²) in [5.74, 6) is -1.15. The Morgan fingerprint density at radius 3 is 2.67 bits per heavy atom. The summed E-state index contributed by atoms with van der Waals surface area (Å²) in [7, 11) is 0. The van der Waals surface area contributed by atoms with Gasteiger partial charge in [0.15, 0.2) is 6.29 Å². The van der Waals surface area contributed by atoms with Crippen molar-refractivity contribution in [1.29, 1.82) is 0 Å². The van der Waals surface area contributed by atoms with Crippen LogP contribution in [0, 0.1) is 0 Å². The van der Waals surface area contributed by atoms with E-state index in [9.17, 15) is 22.8 Å². The third kappa shape index (κ3) is 2.34. The fourth-order valence-corrected chi connectivity index (χ4v) is 1.57. The number of rotatable bonds is 3. The van der Waals surface area contributed by atoms with Crippen molar-refractivity contribution >= 4 is 23.0 Å². The molecular weight excluding hydrogens is 251 g/mol. The van der Waals surface area contributed by atoms with Crippen LogP contribution >= 0.6 is 0 Å². The predicted octanol–water partition coefficient (Wildman–Crippen LogP) is 2.45. The maximum Gasteiger partial charge on any atom is 0.573 e. The van der Waals surface area contributed by atoms with E-state index in [1.165, 1.54) is 12.3 Å². The second kappa shape index (κ2) is 4.17. The Bertz CT molecular complexity index is 616. The Balaban J connectivity index is 2.43. The van der Waals surface area contributed by atoms with Crippen molar-refractivity contribution in [2.45, 2.75) is 6.36 Å². The van der Waals surface area contributed by atoms with E-state index in [0.29, 0.717) is 5.39 Å². The number of aromatic amines is 1. The van der Waals surface area contributed by atoms with Crippen LogP contribution in [0.2, 0.25) is 0 Å². The molecule has 0 atom stereocenters. The lowest BCUT2D eigenvalue weighted by Gasteiger charge is -2.08. The van der Waals surface area contributed by atoms with Crippen LogP contribution in [0.4, 0.5) is 13.2 Å². The van der Waals surface area contributed by atoms with Crippen molar-refractivity contribution in [2.75, 3.05) is 0 Å². The van der Waals surface area contributed by atoms with Crippen LogP contribution in [0.1, 0.15) is 10.4 Å². The maximum absolute atomic E-state index is 12.0. The van der Waals surface area contributed by atoms with E-state index in [1.807, 2.05) is 0 Å². The zero-order valence-corrected chi connectivity index (χ0v) is 8.75. The number of ether oxygens (including phenoxy) is 1. The number of fused-ring (bicyclic) bond motifs is 1. The first-order valence-electron chi connectivity index (χ1n) is 4.77. The van der Waals surface area contributed by atoms with E-state index in [4.69, 9.17) is 0 Å². The van der Waals surface area contributed by atoms with E-state index in [2.05, 4.69) is 9.72 Å². The van der Waals surface area contributed by atoms with Crippen LogP contribution in [0.5, 0.6) is 5.75 Å². The Kier molecular flexibility index (Phi) is 2.82. The first kappa shape index (κ1) is 12.2. The highest BCUT2D eigenvalue weighted by atomic mass is 19.4. The molecular formula is C11H6F3NO3. The van der Waals surface area contributed by atoms with Crippen LogP contribution in [0.25, 0.3) is 10.9 Å². The van der Waals surface area contributed by atoms with Crippen molar-refractivity contribution in [3.63, 3.8) is 0 Å². The standard InChI is InChI=1S/C11H6F3NO3/c12-11(13,14)18-6-1-2-7-8(10(17)5-16)4-15-9(7)3-6/h1-5,15H. The van der Waals surface area contributed by atoms with E-state index in [-0.39, 0.29) is 17.4 Å². The van der Waals surface area contributed by atoms with Crippen LogP contribution in [-0.2, 0) is 4.79 Å². The second-order valence-corrected chi connectivity index (χ2v) is 3.44. The molecule has 0 saturated heterocycles. The fraction of sp³-hybridized carbons (Fsp3) is 0.0909. The molecule has 0 aliphatic heterocycles. The molecule has 1 heterocycles. The summed E-state index contributed by atoms with van der Waals surface area (Å²) in [5.41, 5.74) is 0.389. The largest absolute Gasteiger partial charge is 0.573 e. The number of aldehydes is 1. The second-order valence-electron chi connectivity index (χ2n) is 3.44. The number of Topliss-reactive ketones (excluding diaryl/α,β-unsaturated/α-hetero) is 1. The fourth-order valence-electron chi connectivity index (χ4n) is 1.57. The molecule has 2 aromatic rings. The van der Waals surface area contributed by atoms with Gasteiger partial charge < -0.3 is 9.72 Å². The highest BCUT2D eigenvalue weighted by Gasteiger charge is 2.31. The monoisotopic (exact) mass is 257 g/mol. The number of nitrogens with one attached hydrogen (secondary N) is 1. The van der Waals surface area contributed by atoms with Gasteiger partial charge in [0.1, 0.15) is 5.75 Å². The molecule has 7 heteroatoms. The minimum Gasteiger partial charge on any atom is -0.406 e. The smallest absolute Gasteiger partial charge is 0.406 e. The van der Waals surface area contributed by atoms with Crippen LogP contribution in [0.15, 0.2) is 24.4 Å². The molecule has 0 saturated carbocycles. The number of carbonyl (C=O) groups is 2. The Morgan fingerprint density at radius 2 is 2.06 bits per heavy atom. The van der Waals surface area contributed by atoms with Gasteiger partial charge in [0.05, 0.1) is 5.56 Å². The molecule has 94 valence electrons. The van der Waals surface area contributed by atoms with Crippen LogP contribution < -0.4 is 4.74 Å². The number of halogens is 3. The van der Waals surface area contributed by atoms with Crippen molar-refractivity contribution in [3.8, 4) is 5.75 Å². The molecule has 0 fully saturated rings. The molecule has 0 aliphatic rings. The molecule has 2 rings (SSSR count). The summed E-state index contributed by atoms with van der Waals surface area (Å²) < 4.78 is 39.7. The normalized spacial score (nSPS) is 11.5. The van der Waals surface area contributed by atoms with Gasteiger partial charge in [-0.2, -0.15) is 0 Å². The molecule has 1 aromatic carbocycles. The van der Waals surface area contributed by atoms with Gasteiger partial charge in [0.2, 0.25) is 5.78 Å². The van der Waals surface area contributed by atoms with Gasteiger partial charge in [-0.05, 0) is 12.1 Å². The summed E-state index contributed by atoms with van der Waals surface area (Å²) >= 11 is 0. The lowest BCUT2D eigenvalue weighted by molar-refractivity contribution is -0.274. The number of benzene rings is 1. The van der Waals surface area contributed by atoms with Crippen molar-refractivity contribution in [2.24, 2.45) is 0 Å². The van der Waals surface area contributed by atoms with Crippen molar-refractivity contribution in [3.05, 3.63) is 30.0 Å². The molecule has 0 radical (unpaired) electrons. The lowest BCUT2D eigenvalue weighted by atomic mass is 10.1. The maximum atomic E-state index is 12.0. The van der Waals surface area contributed by atoms with E-state index in [1.54, 1.807) is 0 Å². The SMILES string of the molecule is O=CC(=O)c1c[nH]c2cc(OC(F)(F)F)ccc12. The van der Waals surface area contributed by atoms with E-state index >= 15 is 0 Å². The average Bonchev–Trinajstić information content (AvgIpc) is 2.68. The van der Waals surface area contributed by atoms with Gasteiger partial charge in [0, 0.05) is 23.2 Å². The minimum atomic E-state index is -4.78. The van der Waals surface area contributed by atoms with Gasteiger partial charge in [0.25, 0.3) is 0 Å². The van der Waals surface area contributed by atoms with E-state index < -0.39 is 17.9 Å². The molecule has 4 nitrogen and oxygen atoms in total. The number of H-pyrrole nitrogens is 1. The molecule has 0 bridgehead atoms.